The maximum Gasteiger partial charge on any atom is 0.287 e. The van der Waals surface area contributed by atoms with E-state index in [-0.39, 0.29) is 23.7 Å². The van der Waals surface area contributed by atoms with Crippen LogP contribution in [0.2, 0.25) is 5.02 Å². The van der Waals surface area contributed by atoms with Crippen molar-refractivity contribution in [2.24, 2.45) is 0 Å². The third-order valence-electron chi connectivity index (χ3n) is 3.18. The molecular formula is C12H19ClN4O2. The molecule has 6 nitrogen and oxygen atoms in total. The zero-order valence-corrected chi connectivity index (χ0v) is 11.9. The van der Waals surface area contributed by atoms with Crippen molar-refractivity contribution in [2.75, 3.05) is 24.6 Å². The quantitative estimate of drug-likeness (QED) is 0.823. The molecule has 7 heteroatoms. The molecule has 1 aromatic rings. The van der Waals surface area contributed by atoms with Gasteiger partial charge in [0.15, 0.2) is 0 Å². The van der Waals surface area contributed by atoms with Gasteiger partial charge in [0.05, 0.1) is 25.0 Å². The molecule has 1 fully saturated rings. The zero-order chi connectivity index (χ0) is 14.0. The number of nitrogens with one attached hydrogen (secondary N) is 1. The summed E-state index contributed by atoms with van der Waals surface area (Å²) in [5.74, 6) is 0. The summed E-state index contributed by atoms with van der Waals surface area (Å²) in [7, 11) is 0. The third-order valence-corrected chi connectivity index (χ3v) is 3.53. The summed E-state index contributed by atoms with van der Waals surface area (Å²) in [4.78, 5) is 14.1. The van der Waals surface area contributed by atoms with E-state index in [9.17, 15) is 4.79 Å². The highest BCUT2D eigenvalue weighted by atomic mass is 35.5. The highest BCUT2D eigenvalue weighted by molar-refractivity contribution is 6.33. The summed E-state index contributed by atoms with van der Waals surface area (Å²) in [5, 5.41) is 16.5. The summed E-state index contributed by atoms with van der Waals surface area (Å²) in [6.45, 7) is 5.79. The van der Waals surface area contributed by atoms with E-state index in [1.165, 1.54) is 4.68 Å². The monoisotopic (exact) mass is 286 g/mol. The Balaban J connectivity index is 2.30. The fourth-order valence-electron chi connectivity index (χ4n) is 2.45. The molecule has 19 heavy (non-hydrogen) atoms. The Morgan fingerprint density at radius 3 is 2.68 bits per heavy atom. The van der Waals surface area contributed by atoms with Gasteiger partial charge in [-0.2, -0.15) is 5.10 Å². The lowest BCUT2D eigenvalue weighted by Gasteiger charge is -2.37. The van der Waals surface area contributed by atoms with Gasteiger partial charge in [0.2, 0.25) is 0 Å². The number of halogens is 1. The summed E-state index contributed by atoms with van der Waals surface area (Å²) in [5.41, 5.74) is 0.313. The topological polar surface area (TPSA) is 70.4 Å². The van der Waals surface area contributed by atoms with Crippen molar-refractivity contribution in [3.63, 3.8) is 0 Å². The molecule has 0 aliphatic carbocycles. The standard InChI is InChI=1S/C12H19ClN4O2/c1-8-6-16(7-9(2)15-8)10-5-14-17(3-4-18)12(19)11(10)13/h5,8-9,15,18H,3-4,6-7H2,1-2H3. The average Bonchev–Trinajstić information content (AvgIpc) is 2.34. The van der Waals surface area contributed by atoms with Crippen LogP contribution < -0.4 is 15.8 Å². The number of piperazine rings is 1. The molecule has 0 bridgehead atoms. The maximum absolute atomic E-state index is 12.0. The van der Waals surface area contributed by atoms with E-state index in [2.05, 4.69) is 29.2 Å². The molecule has 2 N–H and O–H groups in total. The van der Waals surface area contributed by atoms with Crippen LogP contribution in [-0.4, -0.2) is 46.7 Å². The molecule has 2 rings (SSSR count). The van der Waals surface area contributed by atoms with Gasteiger partial charge in [0.1, 0.15) is 5.02 Å². The van der Waals surface area contributed by atoms with Gasteiger partial charge in [-0.1, -0.05) is 11.6 Å². The molecule has 0 amide bonds. The smallest absolute Gasteiger partial charge is 0.287 e. The first-order chi connectivity index (χ1) is 9.02. The second-order valence-electron chi connectivity index (χ2n) is 4.97. The second kappa shape index (κ2) is 5.90. The van der Waals surface area contributed by atoms with E-state index in [1.54, 1.807) is 6.20 Å². The van der Waals surface area contributed by atoms with Crippen molar-refractivity contribution in [1.29, 1.82) is 0 Å². The van der Waals surface area contributed by atoms with E-state index in [0.717, 1.165) is 13.1 Å². The van der Waals surface area contributed by atoms with Crippen molar-refractivity contribution in [2.45, 2.75) is 32.5 Å². The molecular weight excluding hydrogens is 268 g/mol. The van der Waals surface area contributed by atoms with E-state index in [4.69, 9.17) is 16.7 Å². The Morgan fingerprint density at radius 2 is 2.11 bits per heavy atom. The van der Waals surface area contributed by atoms with Gasteiger partial charge in [0.25, 0.3) is 5.56 Å². The maximum atomic E-state index is 12.0. The van der Waals surface area contributed by atoms with Gasteiger partial charge in [0, 0.05) is 25.2 Å². The van der Waals surface area contributed by atoms with Crippen molar-refractivity contribution in [3.05, 3.63) is 21.6 Å². The first kappa shape index (κ1) is 14.3. The SMILES string of the molecule is CC1CN(c2cnn(CCO)c(=O)c2Cl)CC(C)N1. The molecule has 2 atom stereocenters. The molecule has 2 heterocycles. The molecule has 2 unspecified atom stereocenters. The predicted molar refractivity (Wildman–Crippen MR) is 74.9 cm³/mol. The van der Waals surface area contributed by atoms with Crippen molar-refractivity contribution in [3.8, 4) is 0 Å². The highest BCUT2D eigenvalue weighted by Gasteiger charge is 2.24. The van der Waals surface area contributed by atoms with Crippen LogP contribution in [0.25, 0.3) is 0 Å². The number of aromatic nitrogens is 2. The second-order valence-corrected chi connectivity index (χ2v) is 5.35. The normalized spacial score (nSPS) is 23.7. The van der Waals surface area contributed by atoms with Crippen LogP contribution >= 0.6 is 11.6 Å². The number of hydrogen-bond donors (Lipinski definition) is 2. The Morgan fingerprint density at radius 1 is 1.47 bits per heavy atom. The summed E-state index contributed by atoms with van der Waals surface area (Å²) >= 11 is 6.15. The van der Waals surface area contributed by atoms with Crippen LogP contribution in [0.4, 0.5) is 5.69 Å². The van der Waals surface area contributed by atoms with Gasteiger partial charge < -0.3 is 15.3 Å². The first-order valence-corrected chi connectivity index (χ1v) is 6.78. The minimum absolute atomic E-state index is 0.135. The van der Waals surface area contributed by atoms with Gasteiger partial charge in [-0.05, 0) is 13.8 Å². The third kappa shape index (κ3) is 3.08. The largest absolute Gasteiger partial charge is 0.394 e. The van der Waals surface area contributed by atoms with Gasteiger partial charge in [-0.15, -0.1) is 0 Å². The molecule has 1 aromatic heterocycles. The zero-order valence-electron chi connectivity index (χ0n) is 11.1. The van der Waals surface area contributed by atoms with E-state index in [1.807, 2.05) is 0 Å². The number of nitrogens with zero attached hydrogens (tertiary/aromatic N) is 3. The first-order valence-electron chi connectivity index (χ1n) is 6.40. The average molecular weight is 287 g/mol. The Labute approximate surface area is 117 Å². The molecule has 0 spiro atoms. The molecule has 0 saturated carbocycles. The minimum Gasteiger partial charge on any atom is -0.394 e. The van der Waals surface area contributed by atoms with E-state index >= 15 is 0 Å². The van der Waals surface area contributed by atoms with Crippen molar-refractivity contribution >= 4 is 17.3 Å². The van der Waals surface area contributed by atoms with Crippen LogP contribution in [0.5, 0.6) is 0 Å². The molecule has 0 aromatic carbocycles. The van der Waals surface area contributed by atoms with Crippen LogP contribution in [0.3, 0.4) is 0 Å². The minimum atomic E-state index is -0.355. The van der Waals surface area contributed by atoms with Crippen molar-refractivity contribution in [1.82, 2.24) is 15.1 Å². The molecule has 1 aliphatic rings. The lowest BCUT2D eigenvalue weighted by atomic mass is 10.1. The number of aliphatic hydroxyl groups is 1. The summed E-state index contributed by atoms with van der Waals surface area (Å²) < 4.78 is 1.18. The lowest BCUT2D eigenvalue weighted by molar-refractivity contribution is 0.266. The predicted octanol–water partition coefficient (Wildman–Crippen LogP) is 0.0756. The van der Waals surface area contributed by atoms with Crippen LogP contribution in [0.1, 0.15) is 13.8 Å². The van der Waals surface area contributed by atoms with Crippen LogP contribution in [0, 0.1) is 0 Å². The molecule has 1 saturated heterocycles. The molecule has 0 radical (unpaired) electrons. The summed E-state index contributed by atoms with van der Waals surface area (Å²) in [6.07, 6.45) is 1.60. The van der Waals surface area contributed by atoms with Crippen molar-refractivity contribution < 1.29 is 5.11 Å². The fourth-order valence-corrected chi connectivity index (χ4v) is 2.72. The Hall–Kier alpha value is -1.11. The highest BCUT2D eigenvalue weighted by Crippen LogP contribution is 2.23. The van der Waals surface area contributed by atoms with E-state index in [0.29, 0.717) is 17.8 Å². The number of rotatable bonds is 3. The Bertz CT molecular complexity index is 495. The summed E-state index contributed by atoms with van der Waals surface area (Å²) in [6, 6.07) is 0.666. The van der Waals surface area contributed by atoms with Gasteiger partial charge in [-0.3, -0.25) is 4.79 Å². The number of anilines is 1. The molecule has 1 aliphatic heterocycles. The molecule has 106 valence electrons. The Kier molecular flexibility index (Phi) is 4.44. The van der Waals surface area contributed by atoms with Crippen LogP contribution in [-0.2, 0) is 6.54 Å². The van der Waals surface area contributed by atoms with E-state index < -0.39 is 0 Å². The lowest BCUT2D eigenvalue weighted by Crippen LogP contribution is -2.54. The number of aliphatic hydroxyl groups excluding tert-OH is 1. The van der Waals surface area contributed by atoms with Crippen LogP contribution in [0.15, 0.2) is 11.0 Å². The number of hydrogen-bond acceptors (Lipinski definition) is 5. The van der Waals surface area contributed by atoms with Gasteiger partial charge >= 0.3 is 0 Å². The fraction of sp³-hybridized carbons (Fsp3) is 0.667. The van der Waals surface area contributed by atoms with Gasteiger partial charge in [-0.25, -0.2) is 4.68 Å².